The number of guanidine groups is 1. The van der Waals surface area contributed by atoms with E-state index in [9.17, 15) is 9.59 Å². The summed E-state index contributed by atoms with van der Waals surface area (Å²) < 4.78 is 5.52. The van der Waals surface area contributed by atoms with Crippen LogP contribution in [0.15, 0.2) is 29.3 Å². The van der Waals surface area contributed by atoms with Crippen molar-refractivity contribution >= 4 is 18.0 Å². The molecule has 1 aromatic rings. The molecule has 2 saturated heterocycles. The molecule has 8 heteroatoms. The van der Waals surface area contributed by atoms with Crippen molar-refractivity contribution in [1.29, 1.82) is 0 Å². The predicted molar refractivity (Wildman–Crippen MR) is 125 cm³/mol. The molecule has 1 atom stereocenters. The van der Waals surface area contributed by atoms with E-state index in [1.54, 1.807) is 11.9 Å². The number of hydrogen-bond donors (Lipinski definition) is 2. The van der Waals surface area contributed by atoms with Gasteiger partial charge in [-0.3, -0.25) is 9.79 Å². The standard InChI is InChI=1S/C24H37N5O3/c1-24(2,3)32-23(31)29-13-6-10-20(17-29)27-22(25-4)26-15-18-8-5-9-19(14-18)16-28-12-7-11-21(28)30/h5,8-9,14,20H,6-7,10-13,15-17H2,1-4H3,(H2,25,26,27). The van der Waals surface area contributed by atoms with E-state index in [1.165, 1.54) is 0 Å². The average molecular weight is 444 g/mol. The normalized spacial score (nSPS) is 19.8. The molecule has 0 aromatic heterocycles. The summed E-state index contributed by atoms with van der Waals surface area (Å²) in [5.41, 5.74) is 1.78. The molecule has 0 saturated carbocycles. The van der Waals surface area contributed by atoms with Gasteiger partial charge < -0.3 is 25.2 Å². The van der Waals surface area contributed by atoms with Gasteiger partial charge in [0.05, 0.1) is 0 Å². The van der Waals surface area contributed by atoms with Crippen LogP contribution < -0.4 is 10.6 Å². The number of likely N-dealkylation sites (tertiary alicyclic amines) is 2. The Hall–Kier alpha value is -2.77. The summed E-state index contributed by atoms with van der Waals surface area (Å²) in [5, 5.41) is 6.81. The molecular formula is C24H37N5O3. The lowest BCUT2D eigenvalue weighted by Crippen LogP contribution is -2.53. The van der Waals surface area contributed by atoms with Crippen molar-refractivity contribution in [1.82, 2.24) is 20.4 Å². The van der Waals surface area contributed by atoms with Gasteiger partial charge in [-0.05, 0) is 51.2 Å². The minimum atomic E-state index is -0.494. The fourth-order valence-corrected chi connectivity index (χ4v) is 4.09. The highest BCUT2D eigenvalue weighted by Gasteiger charge is 2.28. The van der Waals surface area contributed by atoms with Gasteiger partial charge in [0.2, 0.25) is 5.91 Å². The van der Waals surface area contributed by atoms with Gasteiger partial charge in [-0.1, -0.05) is 24.3 Å². The SMILES string of the molecule is CN=C(NCc1cccc(CN2CCCC2=O)c1)NC1CCCN(C(=O)OC(C)(C)C)C1. The number of benzene rings is 1. The van der Waals surface area contributed by atoms with Gasteiger partial charge in [0.1, 0.15) is 5.60 Å². The Bertz CT molecular complexity index is 833. The molecule has 0 aliphatic carbocycles. The van der Waals surface area contributed by atoms with Gasteiger partial charge in [0, 0.05) is 52.2 Å². The zero-order valence-corrected chi connectivity index (χ0v) is 19.8. The van der Waals surface area contributed by atoms with Gasteiger partial charge in [-0.25, -0.2) is 4.79 Å². The minimum absolute atomic E-state index is 0.120. The van der Waals surface area contributed by atoms with Crippen molar-refractivity contribution in [2.24, 2.45) is 4.99 Å². The second kappa shape index (κ2) is 10.7. The fraction of sp³-hybridized carbons (Fsp3) is 0.625. The fourth-order valence-electron chi connectivity index (χ4n) is 4.09. The molecule has 2 aliphatic rings. The molecule has 2 N–H and O–H groups in total. The quantitative estimate of drug-likeness (QED) is 0.540. The van der Waals surface area contributed by atoms with Crippen LogP contribution >= 0.6 is 0 Å². The zero-order valence-electron chi connectivity index (χ0n) is 19.8. The van der Waals surface area contributed by atoms with Crippen molar-refractivity contribution in [2.45, 2.75) is 71.2 Å². The van der Waals surface area contributed by atoms with E-state index in [2.05, 4.69) is 33.8 Å². The number of aliphatic imine (C=N–C) groups is 1. The minimum Gasteiger partial charge on any atom is -0.444 e. The first-order chi connectivity index (χ1) is 15.2. The van der Waals surface area contributed by atoms with Gasteiger partial charge >= 0.3 is 6.09 Å². The maximum absolute atomic E-state index is 12.4. The number of carbonyl (C=O) groups is 2. The molecule has 8 nitrogen and oxygen atoms in total. The summed E-state index contributed by atoms with van der Waals surface area (Å²) in [6.07, 6.45) is 3.25. The summed E-state index contributed by atoms with van der Waals surface area (Å²) in [4.78, 5) is 32.3. The van der Waals surface area contributed by atoms with Crippen LogP contribution in [0.3, 0.4) is 0 Å². The number of ether oxygens (including phenoxy) is 1. The van der Waals surface area contributed by atoms with Crippen molar-refractivity contribution in [3.05, 3.63) is 35.4 Å². The van der Waals surface area contributed by atoms with Crippen LogP contribution in [0.1, 0.15) is 57.6 Å². The molecule has 0 bridgehead atoms. The Labute approximate surface area is 191 Å². The van der Waals surface area contributed by atoms with E-state index in [0.717, 1.165) is 36.9 Å². The number of carbonyl (C=O) groups excluding carboxylic acids is 2. The summed E-state index contributed by atoms with van der Waals surface area (Å²) in [7, 11) is 1.75. The van der Waals surface area contributed by atoms with Crippen molar-refractivity contribution in [2.75, 3.05) is 26.7 Å². The van der Waals surface area contributed by atoms with Crippen LogP contribution in [0.5, 0.6) is 0 Å². The van der Waals surface area contributed by atoms with E-state index < -0.39 is 5.60 Å². The number of nitrogens with one attached hydrogen (secondary N) is 2. The van der Waals surface area contributed by atoms with Crippen LogP contribution in [0, 0.1) is 0 Å². The maximum atomic E-state index is 12.4. The number of rotatable bonds is 5. The highest BCUT2D eigenvalue weighted by atomic mass is 16.6. The lowest BCUT2D eigenvalue weighted by molar-refractivity contribution is -0.128. The molecule has 3 rings (SSSR count). The predicted octanol–water partition coefficient (Wildman–Crippen LogP) is 2.87. The van der Waals surface area contributed by atoms with Crippen molar-refractivity contribution < 1.29 is 14.3 Å². The molecule has 2 fully saturated rings. The number of nitrogens with zero attached hydrogens (tertiary/aromatic N) is 3. The summed E-state index contributed by atoms with van der Waals surface area (Å²) in [6, 6.07) is 8.42. The summed E-state index contributed by atoms with van der Waals surface area (Å²) in [5.74, 6) is 0.951. The Kier molecular flexibility index (Phi) is 7.99. The molecule has 176 valence electrons. The van der Waals surface area contributed by atoms with Gasteiger partial charge in [0.25, 0.3) is 0 Å². The summed E-state index contributed by atoms with van der Waals surface area (Å²) in [6.45, 7) is 9.10. The molecule has 0 spiro atoms. The van der Waals surface area contributed by atoms with Crippen LogP contribution in [-0.2, 0) is 22.6 Å². The van der Waals surface area contributed by atoms with Crippen LogP contribution in [0.2, 0.25) is 0 Å². The average Bonchev–Trinajstić information content (AvgIpc) is 3.14. The second-order valence-electron chi connectivity index (χ2n) is 9.57. The molecule has 0 radical (unpaired) electrons. The highest BCUT2D eigenvalue weighted by Crippen LogP contribution is 2.16. The Morgan fingerprint density at radius 2 is 2.00 bits per heavy atom. The molecular weight excluding hydrogens is 406 g/mol. The second-order valence-corrected chi connectivity index (χ2v) is 9.57. The number of hydrogen-bond acceptors (Lipinski definition) is 4. The lowest BCUT2D eigenvalue weighted by atomic mass is 10.1. The maximum Gasteiger partial charge on any atom is 0.410 e. The third-order valence-electron chi connectivity index (χ3n) is 5.63. The van der Waals surface area contributed by atoms with Crippen molar-refractivity contribution in [3.8, 4) is 0 Å². The molecule has 1 aromatic carbocycles. The number of piperidine rings is 1. The third kappa shape index (κ3) is 7.14. The first-order valence-electron chi connectivity index (χ1n) is 11.5. The topological polar surface area (TPSA) is 86.3 Å². The van der Waals surface area contributed by atoms with E-state index in [0.29, 0.717) is 38.6 Å². The molecule has 2 heterocycles. The molecule has 2 amide bonds. The van der Waals surface area contributed by atoms with Gasteiger partial charge in [-0.2, -0.15) is 0 Å². The van der Waals surface area contributed by atoms with Gasteiger partial charge in [0.15, 0.2) is 5.96 Å². The molecule has 32 heavy (non-hydrogen) atoms. The smallest absolute Gasteiger partial charge is 0.410 e. The van der Waals surface area contributed by atoms with E-state index in [4.69, 9.17) is 4.74 Å². The first-order valence-corrected chi connectivity index (χ1v) is 11.5. The lowest BCUT2D eigenvalue weighted by Gasteiger charge is -2.35. The van der Waals surface area contributed by atoms with E-state index >= 15 is 0 Å². The first kappa shape index (κ1) is 23.9. The van der Waals surface area contributed by atoms with Crippen LogP contribution in [0.25, 0.3) is 0 Å². The third-order valence-corrected chi connectivity index (χ3v) is 5.63. The monoisotopic (exact) mass is 443 g/mol. The van der Waals surface area contributed by atoms with Crippen molar-refractivity contribution in [3.63, 3.8) is 0 Å². The Morgan fingerprint density at radius 1 is 1.22 bits per heavy atom. The largest absolute Gasteiger partial charge is 0.444 e. The van der Waals surface area contributed by atoms with Crippen LogP contribution in [0.4, 0.5) is 4.79 Å². The Morgan fingerprint density at radius 3 is 2.69 bits per heavy atom. The molecule has 1 unspecified atom stereocenters. The van der Waals surface area contributed by atoms with E-state index in [1.807, 2.05) is 31.7 Å². The van der Waals surface area contributed by atoms with E-state index in [-0.39, 0.29) is 18.0 Å². The Balaban J connectivity index is 1.50. The van der Waals surface area contributed by atoms with Crippen LogP contribution in [-0.4, -0.2) is 66.1 Å². The summed E-state index contributed by atoms with van der Waals surface area (Å²) >= 11 is 0. The highest BCUT2D eigenvalue weighted by molar-refractivity contribution is 5.80. The van der Waals surface area contributed by atoms with Gasteiger partial charge in [-0.15, -0.1) is 0 Å². The number of amides is 2. The zero-order chi connectivity index (χ0) is 23.1. The molecule has 2 aliphatic heterocycles.